The number of aromatic amines is 1. The molecule has 1 aromatic heterocycles. The van der Waals surface area contributed by atoms with Gasteiger partial charge in [0.25, 0.3) is 0 Å². The van der Waals surface area contributed by atoms with E-state index in [2.05, 4.69) is 41.1 Å². The van der Waals surface area contributed by atoms with E-state index in [4.69, 9.17) is 0 Å². The topological polar surface area (TPSA) is 36.1 Å². The van der Waals surface area contributed by atoms with E-state index in [9.17, 15) is 4.79 Å². The van der Waals surface area contributed by atoms with E-state index in [1.807, 2.05) is 0 Å². The van der Waals surface area contributed by atoms with Crippen molar-refractivity contribution in [2.75, 3.05) is 13.1 Å². The number of carbonyl (C=O) groups is 1. The number of hydrogen-bond acceptors (Lipinski definition) is 2. The molecular formula is C23H30N2O. The summed E-state index contributed by atoms with van der Waals surface area (Å²) in [4.78, 5) is 18.8. The first-order chi connectivity index (χ1) is 12.7. The predicted octanol–water partition coefficient (Wildman–Crippen LogP) is 4.80. The van der Waals surface area contributed by atoms with E-state index in [1.165, 1.54) is 55.4 Å². The Morgan fingerprint density at radius 3 is 3.00 bits per heavy atom. The van der Waals surface area contributed by atoms with Crippen molar-refractivity contribution in [2.24, 2.45) is 11.8 Å². The van der Waals surface area contributed by atoms with Gasteiger partial charge in [0.15, 0.2) is 0 Å². The first kappa shape index (κ1) is 16.6. The zero-order valence-electron chi connectivity index (χ0n) is 15.9. The largest absolute Gasteiger partial charge is 0.357 e. The molecule has 3 aliphatic rings. The van der Waals surface area contributed by atoms with Crippen molar-refractivity contribution >= 4 is 16.7 Å². The van der Waals surface area contributed by atoms with Crippen molar-refractivity contribution in [1.82, 2.24) is 9.88 Å². The summed E-state index contributed by atoms with van der Waals surface area (Å²) in [6, 6.07) is 8.81. The van der Waals surface area contributed by atoms with Crippen LogP contribution in [0.2, 0.25) is 0 Å². The second-order valence-electron chi connectivity index (χ2n) is 8.86. The second kappa shape index (κ2) is 6.23. The smallest absolute Gasteiger partial charge is 0.133 e. The number of benzene rings is 1. The summed E-state index contributed by atoms with van der Waals surface area (Å²) >= 11 is 0. The minimum Gasteiger partial charge on any atom is -0.357 e. The van der Waals surface area contributed by atoms with Crippen molar-refractivity contribution in [3.63, 3.8) is 0 Å². The predicted molar refractivity (Wildman–Crippen MR) is 105 cm³/mol. The Kier molecular flexibility index (Phi) is 3.97. The lowest BCUT2D eigenvalue weighted by molar-refractivity contribution is -0.127. The molecule has 3 heteroatoms. The number of piperidine rings is 1. The van der Waals surface area contributed by atoms with Crippen molar-refractivity contribution in [2.45, 2.75) is 63.8 Å². The SMILES string of the molecule is CCCC[C@@]12CC3CC(=O)CCC3CN1CCc1c2[nH]c2ccccc12. The number of rotatable bonds is 3. The normalized spacial score (nSPS) is 31.5. The number of aromatic nitrogens is 1. The van der Waals surface area contributed by atoms with Crippen LogP contribution in [0.3, 0.4) is 0 Å². The van der Waals surface area contributed by atoms with Crippen LogP contribution >= 0.6 is 0 Å². The fourth-order valence-electron chi connectivity index (χ4n) is 6.17. The Hall–Kier alpha value is -1.61. The molecule has 1 aliphatic carbocycles. The molecule has 3 nitrogen and oxygen atoms in total. The number of fused-ring (bicyclic) bond motifs is 6. The van der Waals surface area contributed by atoms with E-state index in [0.29, 0.717) is 11.7 Å². The Balaban J connectivity index is 1.62. The van der Waals surface area contributed by atoms with E-state index in [0.717, 1.165) is 31.6 Å². The minimum atomic E-state index is 0.126. The van der Waals surface area contributed by atoms with E-state index in [1.54, 1.807) is 5.56 Å². The first-order valence-corrected chi connectivity index (χ1v) is 10.6. The summed E-state index contributed by atoms with van der Waals surface area (Å²) < 4.78 is 0. The van der Waals surface area contributed by atoms with Crippen LogP contribution in [0, 0.1) is 11.8 Å². The molecule has 0 amide bonds. The standard InChI is InChI=1S/C23H30N2O/c1-2-3-11-23-14-17-13-18(26)9-8-16(17)15-25(23)12-10-20-19-6-4-5-7-21(19)24-22(20)23/h4-7,16-17,24H,2-3,8-15H2,1H3/t16?,17?,23-/m0/s1. The molecule has 2 unspecified atom stereocenters. The average Bonchev–Trinajstić information content (AvgIpc) is 3.04. The van der Waals surface area contributed by atoms with E-state index < -0.39 is 0 Å². The molecule has 2 fully saturated rings. The van der Waals surface area contributed by atoms with Gasteiger partial charge in [0.2, 0.25) is 0 Å². The maximum absolute atomic E-state index is 12.2. The Morgan fingerprint density at radius 1 is 1.23 bits per heavy atom. The number of unbranched alkanes of at least 4 members (excludes halogenated alkanes) is 1. The first-order valence-electron chi connectivity index (χ1n) is 10.6. The monoisotopic (exact) mass is 350 g/mol. The lowest BCUT2D eigenvalue weighted by atomic mass is 9.64. The number of ketones is 1. The molecule has 0 bridgehead atoms. The molecule has 0 spiro atoms. The zero-order chi connectivity index (χ0) is 17.7. The maximum atomic E-state index is 12.2. The quantitative estimate of drug-likeness (QED) is 0.863. The molecule has 2 aliphatic heterocycles. The van der Waals surface area contributed by atoms with Gasteiger partial charge in [0.1, 0.15) is 5.78 Å². The third kappa shape index (κ3) is 2.40. The number of carbonyl (C=O) groups excluding carboxylic acids is 1. The van der Waals surface area contributed by atoms with Gasteiger partial charge in [-0.25, -0.2) is 0 Å². The fourth-order valence-corrected chi connectivity index (χ4v) is 6.17. The highest BCUT2D eigenvalue weighted by Gasteiger charge is 2.51. The highest BCUT2D eigenvalue weighted by atomic mass is 16.1. The van der Waals surface area contributed by atoms with Gasteiger partial charge in [-0.3, -0.25) is 9.69 Å². The number of Topliss-reactive ketones (excluding diaryl/α,β-unsaturated/α-hetero) is 1. The third-order valence-electron chi connectivity index (χ3n) is 7.47. The van der Waals surface area contributed by atoms with Crippen molar-refractivity contribution in [1.29, 1.82) is 0 Å². The maximum Gasteiger partial charge on any atom is 0.133 e. The second-order valence-corrected chi connectivity index (χ2v) is 8.86. The van der Waals surface area contributed by atoms with Crippen LogP contribution in [0.15, 0.2) is 24.3 Å². The molecule has 1 N–H and O–H groups in total. The van der Waals surface area contributed by atoms with Crippen molar-refractivity contribution in [3.8, 4) is 0 Å². The summed E-state index contributed by atoms with van der Waals surface area (Å²) in [7, 11) is 0. The van der Waals surface area contributed by atoms with Gasteiger partial charge >= 0.3 is 0 Å². The minimum absolute atomic E-state index is 0.126. The van der Waals surface area contributed by atoms with Gasteiger partial charge < -0.3 is 4.98 Å². The van der Waals surface area contributed by atoms with Gasteiger partial charge in [-0.05, 0) is 49.1 Å². The van der Waals surface area contributed by atoms with Crippen LogP contribution in [0.1, 0.15) is 63.1 Å². The lowest BCUT2D eigenvalue weighted by Crippen LogP contribution is -2.58. The summed E-state index contributed by atoms with van der Waals surface area (Å²) in [5, 5.41) is 1.42. The molecule has 2 aromatic rings. The van der Waals surface area contributed by atoms with E-state index in [-0.39, 0.29) is 5.54 Å². The van der Waals surface area contributed by atoms with Gasteiger partial charge in [0, 0.05) is 42.5 Å². The molecule has 3 atom stereocenters. The van der Waals surface area contributed by atoms with Crippen LogP contribution in [-0.4, -0.2) is 28.8 Å². The summed E-state index contributed by atoms with van der Waals surface area (Å²) in [5.41, 5.74) is 4.45. The summed E-state index contributed by atoms with van der Waals surface area (Å²) in [6.07, 6.45) is 8.79. The van der Waals surface area contributed by atoms with Gasteiger partial charge in [-0.2, -0.15) is 0 Å². The average molecular weight is 351 g/mol. The van der Waals surface area contributed by atoms with Crippen LogP contribution in [-0.2, 0) is 16.8 Å². The number of hydrogen-bond donors (Lipinski definition) is 1. The highest BCUT2D eigenvalue weighted by Crippen LogP contribution is 2.52. The molecular weight excluding hydrogens is 320 g/mol. The van der Waals surface area contributed by atoms with Gasteiger partial charge in [-0.1, -0.05) is 38.0 Å². The number of para-hydroxylation sites is 1. The molecule has 26 heavy (non-hydrogen) atoms. The van der Waals surface area contributed by atoms with Crippen LogP contribution in [0.4, 0.5) is 0 Å². The van der Waals surface area contributed by atoms with Gasteiger partial charge in [0.05, 0.1) is 5.54 Å². The molecule has 5 rings (SSSR count). The van der Waals surface area contributed by atoms with Crippen molar-refractivity contribution in [3.05, 3.63) is 35.5 Å². The van der Waals surface area contributed by atoms with Crippen LogP contribution in [0.5, 0.6) is 0 Å². The molecule has 1 saturated carbocycles. The molecule has 138 valence electrons. The Bertz CT molecular complexity index is 838. The van der Waals surface area contributed by atoms with E-state index >= 15 is 0 Å². The zero-order valence-corrected chi connectivity index (χ0v) is 15.9. The summed E-state index contributed by atoms with van der Waals surface area (Å²) in [6.45, 7) is 4.66. The van der Waals surface area contributed by atoms with Crippen LogP contribution < -0.4 is 0 Å². The number of H-pyrrole nitrogens is 1. The van der Waals surface area contributed by atoms with Crippen LogP contribution in [0.25, 0.3) is 10.9 Å². The third-order valence-corrected chi connectivity index (χ3v) is 7.47. The number of nitrogens with one attached hydrogen (secondary N) is 1. The van der Waals surface area contributed by atoms with Crippen molar-refractivity contribution < 1.29 is 4.79 Å². The fraction of sp³-hybridized carbons (Fsp3) is 0.609. The molecule has 3 heterocycles. The Labute approximate surface area is 156 Å². The molecule has 1 aromatic carbocycles. The summed E-state index contributed by atoms with van der Waals surface area (Å²) in [5.74, 6) is 1.81. The highest BCUT2D eigenvalue weighted by molar-refractivity contribution is 5.85. The van der Waals surface area contributed by atoms with Gasteiger partial charge in [-0.15, -0.1) is 0 Å². The Morgan fingerprint density at radius 2 is 2.12 bits per heavy atom. The number of nitrogens with zero attached hydrogens (tertiary/aromatic N) is 1. The molecule has 1 saturated heterocycles. The lowest BCUT2D eigenvalue weighted by Gasteiger charge is -2.56. The molecule has 0 radical (unpaired) electrons.